The summed E-state index contributed by atoms with van der Waals surface area (Å²) in [6.45, 7) is 0. The summed E-state index contributed by atoms with van der Waals surface area (Å²) in [7, 11) is -1.30. The first-order valence-electron chi connectivity index (χ1n) is 6.19. The highest BCUT2D eigenvalue weighted by molar-refractivity contribution is 7.89. The number of hydrogen-bond donors (Lipinski definition) is 1. The lowest BCUT2D eigenvalue weighted by Crippen LogP contribution is -2.18. The van der Waals surface area contributed by atoms with Crippen molar-refractivity contribution in [2.45, 2.75) is 18.2 Å². The molecule has 0 saturated heterocycles. The first kappa shape index (κ1) is 14.7. The molecule has 0 radical (unpaired) electrons. The Morgan fingerprint density at radius 2 is 2.00 bits per heavy atom. The summed E-state index contributed by atoms with van der Waals surface area (Å²) in [6, 6.07) is 9.94. The molecule has 108 valence electrons. The van der Waals surface area contributed by atoms with Crippen LogP contribution in [-0.2, 0) is 22.0 Å². The topological polar surface area (TPSA) is 85.1 Å². The highest BCUT2D eigenvalue weighted by Gasteiger charge is 2.16. The number of sulfone groups is 1. The minimum absolute atomic E-state index is 0.0442. The van der Waals surface area contributed by atoms with E-state index in [-0.39, 0.29) is 17.6 Å². The molecule has 0 amide bonds. The molecule has 1 unspecified atom stereocenters. The Labute approximate surface area is 118 Å². The van der Waals surface area contributed by atoms with E-state index < -0.39 is 9.84 Å². The predicted molar refractivity (Wildman–Crippen MR) is 74.8 cm³/mol. The Balaban J connectivity index is 2.09. The van der Waals surface area contributed by atoms with E-state index in [2.05, 4.69) is 15.5 Å². The van der Waals surface area contributed by atoms with Crippen LogP contribution in [0.1, 0.15) is 23.3 Å². The Morgan fingerprint density at radius 1 is 1.30 bits per heavy atom. The zero-order chi connectivity index (χ0) is 14.6. The van der Waals surface area contributed by atoms with Crippen molar-refractivity contribution in [3.05, 3.63) is 47.6 Å². The van der Waals surface area contributed by atoms with Crippen LogP contribution in [0, 0.1) is 0 Å². The molecule has 1 aromatic carbocycles. The fraction of sp³-hybridized carbons (Fsp3) is 0.385. The van der Waals surface area contributed by atoms with Gasteiger partial charge in [0.05, 0.1) is 0 Å². The molecule has 0 aliphatic rings. The number of hydrogen-bond acceptors (Lipinski definition) is 6. The summed E-state index contributed by atoms with van der Waals surface area (Å²) >= 11 is 0. The lowest BCUT2D eigenvalue weighted by Gasteiger charge is -2.13. The second-order valence-electron chi connectivity index (χ2n) is 4.63. The van der Waals surface area contributed by atoms with E-state index in [1.54, 1.807) is 0 Å². The molecule has 1 heterocycles. The monoisotopic (exact) mass is 295 g/mol. The number of aromatic nitrogens is 2. The van der Waals surface area contributed by atoms with Crippen molar-refractivity contribution in [2.75, 3.05) is 13.3 Å². The second-order valence-corrected chi connectivity index (χ2v) is 6.77. The van der Waals surface area contributed by atoms with Gasteiger partial charge in [0.25, 0.3) is 0 Å². The van der Waals surface area contributed by atoms with E-state index in [1.807, 2.05) is 37.4 Å². The smallest absolute Gasteiger partial charge is 0.228 e. The molecule has 2 rings (SSSR count). The predicted octanol–water partition coefficient (Wildman–Crippen LogP) is 1.12. The first-order valence-corrected chi connectivity index (χ1v) is 8.25. The molecule has 0 bridgehead atoms. The maximum Gasteiger partial charge on any atom is 0.228 e. The van der Waals surface area contributed by atoms with E-state index in [9.17, 15) is 8.42 Å². The molecule has 7 heteroatoms. The Kier molecular flexibility index (Phi) is 4.51. The van der Waals surface area contributed by atoms with Crippen LogP contribution in [0.25, 0.3) is 0 Å². The SMILES string of the molecule is CNC(Cc1nc(CS(C)(=O)=O)no1)c1ccccc1. The number of nitrogens with zero attached hydrogens (tertiary/aromatic N) is 2. The van der Waals surface area contributed by atoms with Crippen LogP contribution in [0.2, 0.25) is 0 Å². The molecule has 1 N–H and O–H groups in total. The van der Waals surface area contributed by atoms with Crippen LogP contribution in [-0.4, -0.2) is 31.9 Å². The third kappa shape index (κ3) is 4.14. The maximum absolute atomic E-state index is 11.2. The van der Waals surface area contributed by atoms with Crippen molar-refractivity contribution in [1.82, 2.24) is 15.5 Å². The third-order valence-electron chi connectivity index (χ3n) is 2.83. The summed E-state index contributed by atoms with van der Waals surface area (Å²) in [5, 5.41) is 6.87. The van der Waals surface area contributed by atoms with Crippen molar-refractivity contribution in [2.24, 2.45) is 0 Å². The standard InChI is InChI=1S/C13H17N3O3S/c1-14-11(10-6-4-3-5-7-10)8-13-15-12(16-19-13)9-20(2,17)18/h3-7,11,14H,8-9H2,1-2H3. The van der Waals surface area contributed by atoms with Crippen LogP contribution >= 0.6 is 0 Å². The van der Waals surface area contributed by atoms with Crippen LogP contribution in [0.5, 0.6) is 0 Å². The number of rotatable bonds is 6. The number of benzene rings is 1. The Morgan fingerprint density at radius 3 is 2.60 bits per heavy atom. The molecule has 20 heavy (non-hydrogen) atoms. The Bertz CT molecular complexity index is 653. The van der Waals surface area contributed by atoms with Gasteiger partial charge < -0.3 is 9.84 Å². The van der Waals surface area contributed by atoms with Gasteiger partial charge in [0.1, 0.15) is 5.75 Å². The molecule has 1 atom stereocenters. The molecule has 1 aromatic heterocycles. The van der Waals surface area contributed by atoms with Crippen LogP contribution in [0.4, 0.5) is 0 Å². The summed E-state index contributed by atoms with van der Waals surface area (Å²) in [5.41, 5.74) is 1.11. The average Bonchev–Trinajstić information content (AvgIpc) is 2.82. The second kappa shape index (κ2) is 6.15. The minimum atomic E-state index is -3.15. The summed E-state index contributed by atoms with van der Waals surface area (Å²) in [4.78, 5) is 4.11. The van der Waals surface area contributed by atoms with Gasteiger partial charge in [-0.15, -0.1) is 0 Å². The largest absolute Gasteiger partial charge is 0.339 e. The van der Waals surface area contributed by atoms with E-state index >= 15 is 0 Å². The van der Waals surface area contributed by atoms with E-state index in [0.717, 1.165) is 11.8 Å². The fourth-order valence-corrected chi connectivity index (χ4v) is 2.50. The van der Waals surface area contributed by atoms with Crippen LogP contribution in [0.15, 0.2) is 34.9 Å². The van der Waals surface area contributed by atoms with Gasteiger partial charge in [-0.1, -0.05) is 35.5 Å². The third-order valence-corrected chi connectivity index (χ3v) is 3.61. The molecule has 2 aromatic rings. The fourth-order valence-electron chi connectivity index (χ4n) is 1.91. The zero-order valence-electron chi connectivity index (χ0n) is 11.4. The van der Waals surface area contributed by atoms with Gasteiger partial charge in [0.15, 0.2) is 15.7 Å². The van der Waals surface area contributed by atoms with E-state index in [1.165, 1.54) is 0 Å². The van der Waals surface area contributed by atoms with Gasteiger partial charge in [-0.05, 0) is 12.6 Å². The average molecular weight is 295 g/mol. The molecule has 0 fully saturated rings. The van der Waals surface area contributed by atoms with Crippen LogP contribution in [0.3, 0.4) is 0 Å². The normalized spacial score (nSPS) is 13.3. The van der Waals surface area contributed by atoms with Crippen molar-refractivity contribution in [3.8, 4) is 0 Å². The van der Waals surface area contributed by atoms with Gasteiger partial charge in [-0.3, -0.25) is 0 Å². The van der Waals surface area contributed by atoms with Gasteiger partial charge in [0.2, 0.25) is 5.89 Å². The zero-order valence-corrected chi connectivity index (χ0v) is 12.2. The van der Waals surface area contributed by atoms with Gasteiger partial charge in [-0.2, -0.15) is 4.98 Å². The molecule has 0 aliphatic heterocycles. The highest BCUT2D eigenvalue weighted by Crippen LogP contribution is 2.17. The number of nitrogens with one attached hydrogen (secondary N) is 1. The first-order chi connectivity index (χ1) is 9.48. The molecule has 0 aliphatic carbocycles. The van der Waals surface area contributed by atoms with Crippen LogP contribution < -0.4 is 5.32 Å². The molecule has 0 spiro atoms. The highest BCUT2D eigenvalue weighted by atomic mass is 32.2. The maximum atomic E-state index is 11.2. The summed E-state index contributed by atoms with van der Waals surface area (Å²) in [6.07, 6.45) is 1.65. The summed E-state index contributed by atoms with van der Waals surface area (Å²) < 4.78 is 27.5. The Hall–Kier alpha value is -1.73. The minimum Gasteiger partial charge on any atom is -0.339 e. The van der Waals surface area contributed by atoms with Crippen molar-refractivity contribution in [1.29, 1.82) is 0 Å². The lowest BCUT2D eigenvalue weighted by molar-refractivity contribution is 0.359. The lowest BCUT2D eigenvalue weighted by atomic mass is 10.0. The van der Waals surface area contributed by atoms with E-state index in [0.29, 0.717) is 12.3 Å². The quantitative estimate of drug-likeness (QED) is 0.859. The molecular formula is C13H17N3O3S. The summed E-state index contributed by atoms with van der Waals surface area (Å²) in [5.74, 6) is 0.420. The van der Waals surface area contributed by atoms with E-state index in [4.69, 9.17) is 4.52 Å². The van der Waals surface area contributed by atoms with Crippen molar-refractivity contribution < 1.29 is 12.9 Å². The molecule has 0 saturated carbocycles. The van der Waals surface area contributed by atoms with Gasteiger partial charge in [-0.25, -0.2) is 8.42 Å². The van der Waals surface area contributed by atoms with Crippen molar-refractivity contribution >= 4 is 9.84 Å². The van der Waals surface area contributed by atoms with Gasteiger partial charge >= 0.3 is 0 Å². The van der Waals surface area contributed by atoms with Gasteiger partial charge in [0, 0.05) is 18.7 Å². The number of likely N-dealkylation sites (N-methyl/N-ethyl adjacent to an activating group) is 1. The molecular weight excluding hydrogens is 278 g/mol. The van der Waals surface area contributed by atoms with Crippen molar-refractivity contribution in [3.63, 3.8) is 0 Å². The molecule has 6 nitrogen and oxygen atoms in total.